The first-order chi connectivity index (χ1) is 15.4. The van der Waals surface area contributed by atoms with E-state index in [1.807, 2.05) is 24.3 Å². The van der Waals surface area contributed by atoms with Crippen LogP contribution in [0.25, 0.3) is 17.0 Å². The van der Waals surface area contributed by atoms with E-state index in [4.69, 9.17) is 17.9 Å². The van der Waals surface area contributed by atoms with Gasteiger partial charge >= 0.3 is 5.82 Å². The van der Waals surface area contributed by atoms with E-state index in [0.29, 0.717) is 48.0 Å². The number of fused-ring (bicyclic) bond motifs is 2. The molecule has 0 bridgehead atoms. The van der Waals surface area contributed by atoms with Gasteiger partial charge in [0.25, 0.3) is 0 Å². The van der Waals surface area contributed by atoms with E-state index < -0.39 is 17.6 Å². The lowest BCUT2D eigenvalue weighted by Crippen LogP contribution is -2.36. The number of rotatable bonds is 3. The summed E-state index contributed by atoms with van der Waals surface area (Å²) in [5.41, 5.74) is 14.0. The molecule has 1 aromatic carbocycles. The van der Waals surface area contributed by atoms with Gasteiger partial charge in [-0.1, -0.05) is 18.1 Å². The summed E-state index contributed by atoms with van der Waals surface area (Å²) in [6.07, 6.45) is 10.1. The van der Waals surface area contributed by atoms with Crippen molar-refractivity contribution in [2.24, 2.45) is 5.41 Å². The first kappa shape index (κ1) is 20.1. The lowest BCUT2D eigenvalue weighted by Gasteiger charge is -2.26. The fourth-order valence-electron chi connectivity index (χ4n) is 4.59. The standard InChI is InChI=1S/C24H23N6O2/c1-2-24(9-7-14-3-4-15-5-6-19(25)29-17(15)11-14)12-18(20(31)21(24)32)30-10-8-16-22(26)27-13-28-23(16)30/h1,3-6,8,10-11,13,20-21,31-32H,7,9,12H2,(H2,25,29)(H2,26,27,28)/q+1/t20-,21-,24-/m0/s1. The number of anilines is 2. The largest absolute Gasteiger partial charge is 0.388 e. The normalized spacial score (nSPS) is 26.4. The highest BCUT2D eigenvalue weighted by atomic mass is 16.3. The molecule has 3 aromatic rings. The summed E-state index contributed by atoms with van der Waals surface area (Å²) in [5.74, 6) is 4.18. The predicted molar refractivity (Wildman–Crippen MR) is 123 cm³/mol. The molecular weight excluding hydrogens is 404 g/mol. The van der Waals surface area contributed by atoms with Crippen molar-refractivity contribution in [1.29, 1.82) is 0 Å². The van der Waals surface area contributed by atoms with Gasteiger partial charge in [0, 0.05) is 11.8 Å². The van der Waals surface area contributed by atoms with Gasteiger partial charge in [0.2, 0.25) is 6.33 Å². The number of nitrogens with zero attached hydrogens (tertiary/aromatic N) is 4. The molecule has 3 heterocycles. The molecule has 2 aliphatic rings. The van der Waals surface area contributed by atoms with Gasteiger partial charge in [0.1, 0.15) is 35.1 Å². The number of aliphatic hydroxyl groups excluding tert-OH is 2. The maximum absolute atomic E-state index is 11.0. The lowest BCUT2D eigenvalue weighted by atomic mass is 9.79. The average Bonchev–Trinajstić information content (AvgIpc) is 3.33. The van der Waals surface area contributed by atoms with Crippen LogP contribution in [-0.2, 0) is 6.42 Å². The van der Waals surface area contributed by atoms with Crippen LogP contribution < -0.4 is 11.5 Å². The summed E-state index contributed by atoms with van der Waals surface area (Å²) in [4.78, 5) is 12.7. The monoisotopic (exact) mass is 427 g/mol. The zero-order valence-corrected chi connectivity index (χ0v) is 17.3. The van der Waals surface area contributed by atoms with Gasteiger partial charge in [-0.15, -0.1) is 6.42 Å². The zero-order chi connectivity index (χ0) is 22.5. The van der Waals surface area contributed by atoms with Crippen LogP contribution in [0, 0.1) is 17.8 Å². The second-order valence-electron chi connectivity index (χ2n) is 8.30. The van der Waals surface area contributed by atoms with Crippen molar-refractivity contribution < 1.29 is 14.8 Å². The third-order valence-electron chi connectivity index (χ3n) is 6.45. The number of aromatic nitrogens is 3. The van der Waals surface area contributed by atoms with Crippen LogP contribution in [0.1, 0.15) is 24.0 Å². The van der Waals surface area contributed by atoms with Gasteiger partial charge in [-0.3, -0.25) is 0 Å². The van der Waals surface area contributed by atoms with Crippen molar-refractivity contribution in [3.63, 3.8) is 0 Å². The van der Waals surface area contributed by atoms with Crippen LogP contribution in [0.4, 0.5) is 17.5 Å². The fourth-order valence-corrected chi connectivity index (χ4v) is 4.59. The van der Waals surface area contributed by atoms with Crippen molar-refractivity contribution in [3.05, 3.63) is 54.0 Å². The molecular formula is C24H23N6O2+. The van der Waals surface area contributed by atoms with Crippen LogP contribution in [0.15, 0.2) is 42.9 Å². The molecule has 5 rings (SSSR count). The molecule has 0 spiro atoms. The summed E-state index contributed by atoms with van der Waals surface area (Å²) in [6, 6.07) is 9.70. The van der Waals surface area contributed by atoms with Crippen molar-refractivity contribution in [3.8, 4) is 12.3 Å². The summed E-state index contributed by atoms with van der Waals surface area (Å²) in [6.45, 7) is 0. The number of nitrogens with two attached hydrogens (primary N) is 2. The van der Waals surface area contributed by atoms with Crippen LogP contribution in [0.5, 0.6) is 0 Å². The zero-order valence-electron chi connectivity index (χ0n) is 17.3. The molecule has 3 atom stereocenters. The van der Waals surface area contributed by atoms with Crippen molar-refractivity contribution in [2.75, 3.05) is 11.5 Å². The van der Waals surface area contributed by atoms with Gasteiger partial charge < -0.3 is 21.7 Å². The number of benzene rings is 1. The van der Waals surface area contributed by atoms with Gasteiger partial charge in [-0.2, -0.15) is 4.98 Å². The SMILES string of the molecule is C#C[C@]1(CCc2ccc3ccc(N)nc3c2)CC(=[N+]2C=Cc3c(N)ncnc32)[C@H](O)[C@@H]1O. The first-order valence-electron chi connectivity index (χ1n) is 10.3. The van der Waals surface area contributed by atoms with E-state index in [-0.39, 0.29) is 0 Å². The molecule has 0 radical (unpaired) electrons. The number of hydrogen-bond acceptors (Lipinski definition) is 7. The molecule has 1 saturated carbocycles. The minimum atomic E-state index is -1.11. The van der Waals surface area contributed by atoms with Crippen LogP contribution >= 0.6 is 0 Å². The van der Waals surface area contributed by atoms with E-state index in [1.165, 1.54) is 6.33 Å². The number of hydrogen-bond donors (Lipinski definition) is 4. The Balaban J connectivity index is 1.45. The van der Waals surface area contributed by atoms with Gasteiger partial charge in [-0.05, 0) is 47.7 Å². The molecule has 1 aliphatic carbocycles. The molecule has 1 aliphatic heterocycles. The molecule has 2 aromatic heterocycles. The Hall–Kier alpha value is -3.80. The molecule has 0 amide bonds. The van der Waals surface area contributed by atoms with Crippen molar-refractivity contribution in [1.82, 2.24) is 15.0 Å². The maximum Gasteiger partial charge on any atom is 0.340 e. The van der Waals surface area contributed by atoms with E-state index in [1.54, 1.807) is 22.9 Å². The highest BCUT2D eigenvalue weighted by molar-refractivity contribution is 5.91. The predicted octanol–water partition coefficient (Wildman–Crippen LogP) is 1.64. The topological polar surface area (TPSA) is 134 Å². The Labute approximate surface area is 185 Å². The summed E-state index contributed by atoms with van der Waals surface area (Å²) in [5, 5.41) is 22.9. The Kier molecular flexibility index (Phi) is 4.66. The van der Waals surface area contributed by atoms with E-state index >= 15 is 0 Å². The highest BCUT2D eigenvalue weighted by Crippen LogP contribution is 2.42. The molecule has 8 nitrogen and oxygen atoms in total. The maximum atomic E-state index is 11.0. The van der Waals surface area contributed by atoms with Gasteiger partial charge in [0.05, 0.1) is 17.1 Å². The fraction of sp³-hybridized carbons (Fsp3) is 0.250. The molecule has 160 valence electrons. The van der Waals surface area contributed by atoms with Gasteiger partial charge in [-0.25, -0.2) is 9.56 Å². The number of nitrogen functional groups attached to an aromatic ring is 2. The number of pyridine rings is 1. The minimum Gasteiger partial charge on any atom is -0.388 e. The third kappa shape index (κ3) is 3.11. The van der Waals surface area contributed by atoms with Crippen LogP contribution in [0.3, 0.4) is 0 Å². The molecule has 6 N–H and O–H groups in total. The second-order valence-corrected chi connectivity index (χ2v) is 8.30. The quantitative estimate of drug-likeness (QED) is 0.369. The second kappa shape index (κ2) is 7.41. The first-order valence-corrected chi connectivity index (χ1v) is 10.3. The molecule has 1 fully saturated rings. The third-order valence-corrected chi connectivity index (χ3v) is 6.45. The summed E-state index contributed by atoms with van der Waals surface area (Å²) >= 11 is 0. The average molecular weight is 427 g/mol. The summed E-state index contributed by atoms with van der Waals surface area (Å²) in [7, 11) is 0. The van der Waals surface area contributed by atoms with Crippen molar-refractivity contribution in [2.45, 2.75) is 31.5 Å². The van der Waals surface area contributed by atoms with E-state index in [9.17, 15) is 10.2 Å². The van der Waals surface area contributed by atoms with E-state index in [0.717, 1.165) is 16.5 Å². The summed E-state index contributed by atoms with van der Waals surface area (Å²) < 4.78 is 1.75. The smallest absolute Gasteiger partial charge is 0.340 e. The Morgan fingerprint density at radius 2 is 2.00 bits per heavy atom. The van der Waals surface area contributed by atoms with Crippen LogP contribution in [0.2, 0.25) is 0 Å². The molecule has 8 heteroatoms. The number of aliphatic hydroxyl groups is 2. The number of aryl methyl sites for hydroxylation is 1. The molecule has 32 heavy (non-hydrogen) atoms. The molecule has 0 unspecified atom stereocenters. The number of terminal acetylenes is 1. The Bertz CT molecular complexity index is 1340. The van der Waals surface area contributed by atoms with E-state index in [2.05, 4.69) is 20.9 Å². The lowest BCUT2D eigenvalue weighted by molar-refractivity contribution is -0.365. The Morgan fingerprint density at radius 1 is 1.19 bits per heavy atom. The van der Waals surface area contributed by atoms with Gasteiger partial charge in [0.15, 0.2) is 0 Å². The van der Waals surface area contributed by atoms with Crippen LogP contribution in [-0.4, -0.2) is 47.7 Å². The van der Waals surface area contributed by atoms with Crippen molar-refractivity contribution >= 4 is 40.1 Å². The minimum absolute atomic E-state index is 0.332. The molecule has 0 saturated heterocycles. The Morgan fingerprint density at radius 3 is 2.81 bits per heavy atom. The highest BCUT2D eigenvalue weighted by Gasteiger charge is 2.52.